The Hall–Kier alpha value is -2.39. The highest BCUT2D eigenvalue weighted by molar-refractivity contribution is 7.03. The van der Waals surface area contributed by atoms with Crippen LogP contribution in [-0.4, -0.2) is 58.7 Å². The number of halogens is 1. The van der Waals surface area contributed by atoms with Gasteiger partial charge in [-0.05, 0) is 30.1 Å². The summed E-state index contributed by atoms with van der Waals surface area (Å²) in [5.74, 6) is -0.272. The topological polar surface area (TPSA) is 84.9 Å². The van der Waals surface area contributed by atoms with Crippen molar-refractivity contribution in [2.45, 2.75) is 6.42 Å². The van der Waals surface area contributed by atoms with Crippen molar-refractivity contribution in [1.82, 2.24) is 19.6 Å². The number of hydrogen-bond acceptors (Lipinski definition) is 7. The maximum absolute atomic E-state index is 13.1. The molecule has 1 fully saturated rings. The molecule has 0 aliphatic carbocycles. The van der Waals surface area contributed by atoms with E-state index in [9.17, 15) is 9.59 Å². The highest BCUT2D eigenvalue weighted by Crippen LogP contribution is 2.37. The third-order valence-electron chi connectivity index (χ3n) is 3.79. The van der Waals surface area contributed by atoms with Crippen LogP contribution in [0, 0.1) is 0 Å². The molecule has 2 amide bonds. The molecule has 1 aromatic heterocycles. The van der Waals surface area contributed by atoms with Crippen LogP contribution in [0.15, 0.2) is 17.5 Å². The quantitative estimate of drug-likeness (QED) is 0.805. The fourth-order valence-corrected chi connectivity index (χ4v) is 3.33. The van der Waals surface area contributed by atoms with Crippen LogP contribution in [0.1, 0.15) is 27.3 Å². The minimum absolute atomic E-state index is 0.175. The van der Waals surface area contributed by atoms with Crippen LogP contribution in [0.3, 0.4) is 0 Å². The molecule has 0 unspecified atom stereocenters. The molecule has 8 nitrogen and oxygen atoms in total. The van der Waals surface area contributed by atoms with Crippen molar-refractivity contribution in [2.24, 2.45) is 0 Å². The fourth-order valence-electron chi connectivity index (χ4n) is 2.66. The van der Waals surface area contributed by atoms with E-state index in [1.165, 1.54) is 24.2 Å². The van der Waals surface area contributed by atoms with Crippen molar-refractivity contribution in [1.29, 1.82) is 0 Å². The normalized spacial score (nSPS) is 13.9. The van der Waals surface area contributed by atoms with Gasteiger partial charge in [-0.25, -0.2) is 10.0 Å². The Bertz CT molecular complexity index is 799. The summed E-state index contributed by atoms with van der Waals surface area (Å²) in [5, 5.41) is 8.33. The van der Waals surface area contributed by atoms with Crippen LogP contribution < -0.4 is 9.47 Å². The molecule has 1 saturated heterocycles. The Morgan fingerprint density at radius 3 is 2.48 bits per heavy atom. The van der Waals surface area contributed by atoms with E-state index in [1.54, 1.807) is 17.5 Å². The first kappa shape index (κ1) is 17.4. The van der Waals surface area contributed by atoms with Crippen LogP contribution in [0.25, 0.3) is 0 Å². The standard InChI is InChI=1S/C15H15ClN4O4S/c1-23-11-5-4-9(16)13(24-2)12(11)15(22)20-7-3-6-19(20)14(21)10-8-25-18-17-10/h4-5,8H,3,6-7H2,1-2H3. The van der Waals surface area contributed by atoms with Gasteiger partial charge in [0.1, 0.15) is 11.3 Å². The van der Waals surface area contributed by atoms with E-state index in [4.69, 9.17) is 21.1 Å². The van der Waals surface area contributed by atoms with Gasteiger partial charge in [0.15, 0.2) is 11.4 Å². The van der Waals surface area contributed by atoms with E-state index in [0.29, 0.717) is 25.3 Å². The van der Waals surface area contributed by atoms with Gasteiger partial charge >= 0.3 is 0 Å². The summed E-state index contributed by atoms with van der Waals surface area (Å²) in [7, 11) is 2.87. The Morgan fingerprint density at radius 2 is 1.88 bits per heavy atom. The molecule has 1 aromatic carbocycles. The summed E-state index contributed by atoms with van der Waals surface area (Å²) in [5.41, 5.74) is 0.378. The number of hydrazine groups is 1. The molecule has 0 atom stereocenters. The van der Waals surface area contributed by atoms with Gasteiger partial charge in [-0.1, -0.05) is 16.1 Å². The van der Waals surface area contributed by atoms with Gasteiger partial charge in [-0.2, -0.15) is 0 Å². The number of carbonyl (C=O) groups is 2. The minimum Gasteiger partial charge on any atom is -0.496 e. The lowest BCUT2D eigenvalue weighted by atomic mass is 10.1. The Kier molecular flexibility index (Phi) is 5.05. The van der Waals surface area contributed by atoms with Gasteiger partial charge in [0.05, 0.1) is 19.2 Å². The summed E-state index contributed by atoms with van der Waals surface area (Å²) < 4.78 is 14.3. The van der Waals surface area contributed by atoms with Crippen LogP contribution in [0.2, 0.25) is 5.02 Å². The first-order valence-electron chi connectivity index (χ1n) is 7.39. The average Bonchev–Trinajstić information content (AvgIpc) is 3.31. The number of benzene rings is 1. The van der Waals surface area contributed by atoms with Crippen LogP contribution in [0.5, 0.6) is 11.5 Å². The van der Waals surface area contributed by atoms with Crippen molar-refractivity contribution in [2.75, 3.05) is 27.3 Å². The average molecular weight is 383 g/mol. The maximum Gasteiger partial charge on any atom is 0.293 e. The first-order chi connectivity index (χ1) is 12.1. The molecule has 132 valence electrons. The van der Waals surface area contributed by atoms with Gasteiger partial charge < -0.3 is 9.47 Å². The number of hydrogen-bond donors (Lipinski definition) is 0. The van der Waals surface area contributed by atoms with Crippen LogP contribution in [0.4, 0.5) is 0 Å². The van der Waals surface area contributed by atoms with Gasteiger partial charge in [0, 0.05) is 18.5 Å². The number of rotatable bonds is 4. The smallest absolute Gasteiger partial charge is 0.293 e. The summed E-state index contributed by atoms with van der Waals surface area (Å²) >= 11 is 7.22. The summed E-state index contributed by atoms with van der Waals surface area (Å²) in [6.45, 7) is 0.800. The lowest BCUT2D eigenvalue weighted by Gasteiger charge is -2.28. The van der Waals surface area contributed by atoms with E-state index in [0.717, 1.165) is 11.5 Å². The van der Waals surface area contributed by atoms with Crippen molar-refractivity contribution >= 4 is 34.9 Å². The van der Waals surface area contributed by atoms with Crippen molar-refractivity contribution < 1.29 is 19.1 Å². The van der Waals surface area contributed by atoms with Gasteiger partial charge in [-0.15, -0.1) is 5.10 Å². The number of nitrogens with zero attached hydrogens (tertiary/aromatic N) is 4. The number of carbonyl (C=O) groups excluding carboxylic acids is 2. The number of methoxy groups -OCH3 is 2. The van der Waals surface area contributed by atoms with Crippen molar-refractivity contribution in [3.63, 3.8) is 0 Å². The summed E-state index contributed by atoms with van der Waals surface area (Å²) in [6, 6.07) is 3.18. The van der Waals surface area contributed by atoms with E-state index in [1.807, 2.05) is 0 Å². The van der Waals surface area contributed by atoms with Gasteiger partial charge in [0.25, 0.3) is 11.8 Å². The lowest BCUT2D eigenvalue weighted by molar-refractivity contribution is 0.0178. The Labute approximate surface area is 153 Å². The Balaban J connectivity index is 1.97. The zero-order valence-corrected chi connectivity index (χ0v) is 15.1. The van der Waals surface area contributed by atoms with Gasteiger partial charge in [-0.3, -0.25) is 9.59 Å². The second-order valence-corrected chi connectivity index (χ2v) is 6.18. The molecule has 0 N–H and O–H groups in total. The predicted molar refractivity (Wildman–Crippen MR) is 91.2 cm³/mol. The van der Waals surface area contributed by atoms with Crippen LogP contribution >= 0.6 is 23.1 Å². The van der Waals surface area contributed by atoms with E-state index in [-0.39, 0.29) is 27.9 Å². The largest absolute Gasteiger partial charge is 0.496 e. The predicted octanol–water partition coefficient (Wildman–Crippen LogP) is 2.11. The molecule has 0 radical (unpaired) electrons. The SMILES string of the molecule is COc1ccc(Cl)c(OC)c1C(=O)N1CCCN1C(=O)c1csnn1. The molecule has 2 aromatic rings. The monoisotopic (exact) mass is 382 g/mol. The first-order valence-corrected chi connectivity index (χ1v) is 8.61. The molecule has 3 rings (SSSR count). The lowest BCUT2D eigenvalue weighted by Crippen LogP contribution is -2.45. The molecule has 1 aliphatic rings. The molecule has 10 heteroatoms. The highest BCUT2D eigenvalue weighted by Gasteiger charge is 2.36. The third-order valence-corrected chi connectivity index (χ3v) is 4.59. The van der Waals surface area contributed by atoms with E-state index < -0.39 is 5.91 Å². The molecular formula is C15H15ClN4O4S. The van der Waals surface area contributed by atoms with Crippen molar-refractivity contribution in [3.8, 4) is 11.5 Å². The van der Waals surface area contributed by atoms with E-state index >= 15 is 0 Å². The Morgan fingerprint density at radius 1 is 1.16 bits per heavy atom. The van der Waals surface area contributed by atoms with Crippen LogP contribution in [-0.2, 0) is 0 Å². The molecular weight excluding hydrogens is 368 g/mol. The molecule has 0 saturated carbocycles. The van der Waals surface area contributed by atoms with E-state index in [2.05, 4.69) is 9.59 Å². The number of amides is 2. The summed E-state index contributed by atoms with van der Waals surface area (Å²) in [4.78, 5) is 25.7. The van der Waals surface area contributed by atoms with Crippen molar-refractivity contribution in [3.05, 3.63) is 33.8 Å². The maximum atomic E-state index is 13.1. The molecule has 0 spiro atoms. The fraction of sp³-hybridized carbons (Fsp3) is 0.333. The molecule has 0 bridgehead atoms. The zero-order chi connectivity index (χ0) is 18.0. The second kappa shape index (κ2) is 7.24. The third kappa shape index (κ3) is 3.12. The molecule has 25 heavy (non-hydrogen) atoms. The zero-order valence-electron chi connectivity index (χ0n) is 13.6. The summed E-state index contributed by atoms with van der Waals surface area (Å²) in [6.07, 6.45) is 0.653. The molecule has 2 heterocycles. The number of ether oxygens (including phenoxy) is 2. The van der Waals surface area contributed by atoms with Gasteiger partial charge in [0.2, 0.25) is 0 Å². The second-order valence-electron chi connectivity index (χ2n) is 5.16. The number of aromatic nitrogens is 2. The highest BCUT2D eigenvalue weighted by atomic mass is 35.5. The molecule has 1 aliphatic heterocycles. The minimum atomic E-state index is -0.426.